The summed E-state index contributed by atoms with van der Waals surface area (Å²) in [7, 11) is 0. The van der Waals surface area contributed by atoms with Crippen LogP contribution < -0.4 is 0 Å². The Morgan fingerprint density at radius 3 is 1.16 bits per heavy atom. The third-order valence-electron chi connectivity index (χ3n) is 5.75. The van der Waals surface area contributed by atoms with Crippen LogP contribution in [-0.2, 0) is 0 Å². The van der Waals surface area contributed by atoms with Crippen LogP contribution >= 0.6 is 0 Å². The molecule has 0 fully saturated rings. The van der Waals surface area contributed by atoms with Gasteiger partial charge < -0.3 is 0 Å². The highest BCUT2D eigenvalue weighted by atomic mass is 14.1. The molecule has 0 aliphatic rings. The van der Waals surface area contributed by atoms with Gasteiger partial charge in [0, 0.05) is 0 Å². The second-order valence-corrected chi connectivity index (χ2v) is 8.55. The van der Waals surface area contributed by atoms with Crippen LogP contribution in [0.2, 0.25) is 0 Å². The SMILES string of the molecule is [CH2]CCCC(C)CCCCCCCCCCCCCCCCCCC. The lowest BCUT2D eigenvalue weighted by Gasteiger charge is -2.10. The Kier molecular flexibility index (Phi) is 22.0. The van der Waals surface area contributed by atoms with Gasteiger partial charge in [0.05, 0.1) is 0 Å². The van der Waals surface area contributed by atoms with Gasteiger partial charge in [-0.1, -0.05) is 156 Å². The summed E-state index contributed by atoms with van der Waals surface area (Å²) in [5.74, 6) is 0.929. The maximum Gasteiger partial charge on any atom is -0.0443 e. The van der Waals surface area contributed by atoms with Crippen LogP contribution in [0.3, 0.4) is 0 Å². The van der Waals surface area contributed by atoms with Crippen LogP contribution in [-0.4, -0.2) is 0 Å². The lowest BCUT2D eigenvalue weighted by molar-refractivity contribution is 0.443. The molecule has 0 nitrogen and oxygen atoms in total. The van der Waals surface area contributed by atoms with E-state index in [1.54, 1.807) is 0 Å². The minimum atomic E-state index is 0.929. The minimum absolute atomic E-state index is 0.929. The van der Waals surface area contributed by atoms with Gasteiger partial charge in [0.2, 0.25) is 0 Å². The van der Waals surface area contributed by atoms with E-state index in [1.165, 1.54) is 128 Å². The first-order valence-corrected chi connectivity index (χ1v) is 12.1. The summed E-state index contributed by atoms with van der Waals surface area (Å²) in [5, 5.41) is 0. The normalized spacial score (nSPS) is 12.6. The second-order valence-electron chi connectivity index (χ2n) is 8.55. The van der Waals surface area contributed by atoms with Gasteiger partial charge in [0.1, 0.15) is 0 Å². The number of hydrogen-bond acceptors (Lipinski definition) is 0. The van der Waals surface area contributed by atoms with Crippen molar-refractivity contribution in [1.29, 1.82) is 0 Å². The van der Waals surface area contributed by atoms with Gasteiger partial charge in [-0.3, -0.25) is 0 Å². The molecular formula is C25H51. The lowest BCUT2D eigenvalue weighted by Crippen LogP contribution is -1.94. The number of unbranched alkanes of at least 4 members (excludes halogenated alkanes) is 17. The molecule has 0 N–H and O–H groups in total. The van der Waals surface area contributed by atoms with Crippen molar-refractivity contribution in [2.45, 2.75) is 149 Å². The summed E-state index contributed by atoms with van der Waals surface area (Å²) < 4.78 is 0. The zero-order valence-electron chi connectivity index (χ0n) is 18.1. The Bertz CT molecular complexity index is 220. The molecule has 0 saturated carbocycles. The molecule has 0 heterocycles. The fraction of sp³-hybridized carbons (Fsp3) is 0.960. The third-order valence-corrected chi connectivity index (χ3v) is 5.75. The maximum absolute atomic E-state index is 3.94. The van der Waals surface area contributed by atoms with Crippen LogP contribution in [0.5, 0.6) is 0 Å². The molecule has 1 unspecified atom stereocenters. The van der Waals surface area contributed by atoms with Gasteiger partial charge >= 0.3 is 0 Å². The van der Waals surface area contributed by atoms with Crippen LogP contribution in [0.4, 0.5) is 0 Å². The summed E-state index contributed by atoms with van der Waals surface area (Å²) >= 11 is 0. The van der Waals surface area contributed by atoms with Crippen molar-refractivity contribution in [2.24, 2.45) is 5.92 Å². The summed E-state index contributed by atoms with van der Waals surface area (Å²) in [5.41, 5.74) is 0. The Morgan fingerprint density at radius 2 is 0.800 bits per heavy atom. The van der Waals surface area contributed by atoms with Crippen LogP contribution in [0.25, 0.3) is 0 Å². The van der Waals surface area contributed by atoms with Crippen LogP contribution in [0.15, 0.2) is 0 Å². The number of hydrogen-bond donors (Lipinski definition) is 0. The smallest absolute Gasteiger partial charge is 0.0443 e. The van der Waals surface area contributed by atoms with E-state index < -0.39 is 0 Å². The fourth-order valence-corrected chi connectivity index (χ4v) is 3.85. The average Bonchev–Trinajstić information content (AvgIpc) is 2.62. The summed E-state index contributed by atoms with van der Waals surface area (Å²) in [6.07, 6.45) is 30.2. The molecule has 0 rings (SSSR count). The Hall–Kier alpha value is 0. The Balaban J connectivity index is 3.03. The van der Waals surface area contributed by atoms with E-state index in [0.29, 0.717) is 0 Å². The van der Waals surface area contributed by atoms with Crippen molar-refractivity contribution in [3.63, 3.8) is 0 Å². The van der Waals surface area contributed by atoms with Crippen molar-refractivity contribution in [2.75, 3.05) is 0 Å². The number of rotatable bonds is 21. The molecule has 0 aliphatic heterocycles. The zero-order valence-corrected chi connectivity index (χ0v) is 18.1. The largest absolute Gasteiger partial charge is 0.0654 e. The fourth-order valence-electron chi connectivity index (χ4n) is 3.85. The molecular weight excluding hydrogens is 300 g/mol. The predicted molar refractivity (Wildman–Crippen MR) is 117 cm³/mol. The average molecular weight is 352 g/mol. The zero-order chi connectivity index (χ0) is 18.4. The van der Waals surface area contributed by atoms with E-state index >= 15 is 0 Å². The molecule has 0 heteroatoms. The standard InChI is InChI=1S/C25H51/c1-4-6-8-9-10-11-12-13-14-15-16-17-18-19-20-21-22-24-25(3)23-7-5-2/h25H,2,4-24H2,1,3H3. The lowest BCUT2D eigenvalue weighted by atomic mass is 9.97. The summed E-state index contributed by atoms with van der Waals surface area (Å²) in [6.45, 7) is 8.66. The molecule has 1 atom stereocenters. The van der Waals surface area contributed by atoms with E-state index in [9.17, 15) is 0 Å². The predicted octanol–water partition coefficient (Wildman–Crippen LogP) is 9.67. The van der Waals surface area contributed by atoms with E-state index in [4.69, 9.17) is 0 Å². The van der Waals surface area contributed by atoms with Gasteiger partial charge in [0.15, 0.2) is 0 Å². The monoisotopic (exact) mass is 351 g/mol. The first-order chi connectivity index (χ1) is 12.3. The van der Waals surface area contributed by atoms with Crippen molar-refractivity contribution in [3.05, 3.63) is 6.92 Å². The van der Waals surface area contributed by atoms with Gasteiger partial charge in [-0.2, -0.15) is 0 Å². The molecule has 0 spiro atoms. The van der Waals surface area contributed by atoms with Gasteiger partial charge in [0.25, 0.3) is 0 Å². The molecule has 0 saturated heterocycles. The molecule has 0 amide bonds. The highest BCUT2D eigenvalue weighted by Gasteiger charge is 2.01. The molecule has 0 aliphatic carbocycles. The van der Waals surface area contributed by atoms with Crippen molar-refractivity contribution in [1.82, 2.24) is 0 Å². The first-order valence-electron chi connectivity index (χ1n) is 12.1. The maximum atomic E-state index is 3.94. The molecule has 151 valence electrons. The van der Waals surface area contributed by atoms with Gasteiger partial charge in [-0.25, -0.2) is 0 Å². The van der Waals surface area contributed by atoms with Gasteiger partial charge in [-0.05, 0) is 5.92 Å². The van der Waals surface area contributed by atoms with Crippen LogP contribution in [0.1, 0.15) is 149 Å². The Labute approximate surface area is 161 Å². The van der Waals surface area contributed by atoms with E-state index in [1.807, 2.05) is 0 Å². The molecule has 0 aromatic carbocycles. The molecule has 25 heavy (non-hydrogen) atoms. The van der Waals surface area contributed by atoms with E-state index in [0.717, 1.165) is 12.3 Å². The topological polar surface area (TPSA) is 0 Å². The highest BCUT2D eigenvalue weighted by Crippen LogP contribution is 2.17. The van der Waals surface area contributed by atoms with Crippen molar-refractivity contribution in [3.8, 4) is 0 Å². The van der Waals surface area contributed by atoms with E-state index in [-0.39, 0.29) is 0 Å². The summed E-state index contributed by atoms with van der Waals surface area (Å²) in [4.78, 5) is 0. The second kappa shape index (κ2) is 22.0. The Morgan fingerprint density at radius 1 is 0.480 bits per heavy atom. The molecule has 0 aromatic heterocycles. The molecule has 0 bridgehead atoms. The minimum Gasteiger partial charge on any atom is -0.0654 e. The van der Waals surface area contributed by atoms with Crippen molar-refractivity contribution >= 4 is 0 Å². The quantitative estimate of drug-likeness (QED) is 0.180. The van der Waals surface area contributed by atoms with E-state index in [2.05, 4.69) is 20.8 Å². The highest BCUT2D eigenvalue weighted by molar-refractivity contribution is 4.56. The summed E-state index contributed by atoms with van der Waals surface area (Å²) in [6, 6.07) is 0. The molecule has 0 aromatic rings. The van der Waals surface area contributed by atoms with Gasteiger partial charge in [-0.15, -0.1) is 0 Å². The van der Waals surface area contributed by atoms with Crippen molar-refractivity contribution < 1.29 is 0 Å². The molecule has 1 radical (unpaired) electrons. The first kappa shape index (κ1) is 25.0. The third kappa shape index (κ3) is 22.0. The van der Waals surface area contributed by atoms with Crippen LogP contribution in [0, 0.1) is 12.8 Å².